The van der Waals surface area contributed by atoms with Gasteiger partial charge in [-0.15, -0.1) is 0 Å². The molecule has 96 heavy (non-hydrogen) atoms. The Kier molecular flexibility index (Phi) is 20.0. The number of ether oxygens (including phenoxy) is 8. The maximum absolute atomic E-state index is 6.51. The van der Waals surface area contributed by atoms with Crippen molar-refractivity contribution in [3.63, 3.8) is 0 Å². The van der Waals surface area contributed by atoms with Crippen LogP contribution in [0.2, 0.25) is 0 Å². The molecular formula is C86H88N2O8. The lowest BCUT2D eigenvalue weighted by atomic mass is 9.87. The first kappa shape index (κ1) is 64.6. The second-order valence-electron chi connectivity index (χ2n) is 24.8. The van der Waals surface area contributed by atoms with Crippen LogP contribution in [0, 0.1) is 0 Å². The summed E-state index contributed by atoms with van der Waals surface area (Å²) in [5.41, 5.74) is 10.2. The summed E-state index contributed by atoms with van der Waals surface area (Å²) in [7, 11) is 0. The van der Waals surface area contributed by atoms with Gasteiger partial charge in [-0.25, -0.2) is 0 Å². The Labute approximate surface area is 565 Å². The zero-order valence-corrected chi connectivity index (χ0v) is 56.9. The molecule has 0 unspecified atom stereocenters. The number of hydrogen-bond donors (Lipinski definition) is 0. The average molecular weight is 1280 g/mol. The standard InChI is InChI=1S/C86H88N2O8/c1-9-37-89-63-45-59(46-64(53-63)90-38-10-2)87(60-47-65(91-39-11-3)54-66(48-60)92-40-12-4)77-35-33-75-81-71(77)29-23-31-73(81)83-79(57-25-19-17-20-26-57)86-76-34-36-78(72-30-24-32-74(82(72)76)84(86)80(85(75)83)58-27-21-18-22-28-58)88(61-49-67(93-41-13-5)55-68(50-61)94-42-14-6)62-51-69(95-43-15-7)56-70(52-62)96-44-16-8/h17-36,45-56H,9-16,37-44H2,1-8H3. The number of rotatable bonds is 32. The van der Waals surface area contributed by atoms with E-state index in [2.05, 4.69) is 235 Å². The highest BCUT2D eigenvalue weighted by atomic mass is 16.5. The quantitative estimate of drug-likeness (QED) is 0.0407. The van der Waals surface area contributed by atoms with Crippen molar-refractivity contribution in [1.82, 2.24) is 0 Å². The summed E-state index contributed by atoms with van der Waals surface area (Å²) in [6, 6.07) is 70.5. The van der Waals surface area contributed by atoms with Crippen LogP contribution in [-0.2, 0) is 0 Å². The van der Waals surface area contributed by atoms with Crippen molar-refractivity contribution in [2.75, 3.05) is 62.7 Å². The lowest BCUT2D eigenvalue weighted by molar-refractivity contribution is 0.301. The molecule has 0 aromatic heterocycles. The molecule has 490 valence electrons. The van der Waals surface area contributed by atoms with Gasteiger partial charge in [0.15, 0.2) is 0 Å². The first-order chi connectivity index (χ1) is 47.3. The molecule has 0 heterocycles. The van der Waals surface area contributed by atoms with E-state index >= 15 is 0 Å². The second-order valence-corrected chi connectivity index (χ2v) is 24.8. The van der Waals surface area contributed by atoms with Gasteiger partial charge in [-0.3, -0.25) is 0 Å². The summed E-state index contributed by atoms with van der Waals surface area (Å²) in [6.45, 7) is 21.6. The Morgan fingerprint density at radius 3 is 0.688 bits per heavy atom. The molecule has 10 nitrogen and oxygen atoms in total. The topological polar surface area (TPSA) is 80.3 Å². The molecule has 0 spiro atoms. The second kappa shape index (κ2) is 29.7. The van der Waals surface area contributed by atoms with Crippen molar-refractivity contribution in [2.24, 2.45) is 0 Å². The fraction of sp³-hybridized carbons (Fsp3) is 0.279. The Bertz CT molecular complexity index is 4210. The van der Waals surface area contributed by atoms with E-state index in [1.165, 1.54) is 65.0 Å². The van der Waals surface area contributed by atoms with E-state index in [0.717, 1.165) is 153 Å². The number of anilines is 6. The first-order valence-corrected chi connectivity index (χ1v) is 35.0. The van der Waals surface area contributed by atoms with Crippen molar-refractivity contribution in [3.8, 4) is 68.2 Å². The smallest absolute Gasteiger partial charge is 0.125 e. The van der Waals surface area contributed by atoms with Crippen LogP contribution in [0.1, 0.15) is 107 Å². The summed E-state index contributed by atoms with van der Waals surface area (Å²) in [4.78, 5) is 4.69. The number of nitrogens with zero attached hydrogens (tertiary/aromatic N) is 2. The lowest BCUT2D eigenvalue weighted by Crippen LogP contribution is -2.12. The molecular weight excluding hydrogens is 1190 g/mol. The minimum Gasteiger partial charge on any atom is -0.493 e. The summed E-state index contributed by atoms with van der Waals surface area (Å²) in [5.74, 6) is 5.92. The van der Waals surface area contributed by atoms with Crippen molar-refractivity contribution >= 4 is 98.8 Å². The van der Waals surface area contributed by atoms with Crippen LogP contribution < -0.4 is 47.7 Å². The van der Waals surface area contributed by atoms with Gasteiger partial charge < -0.3 is 47.7 Å². The van der Waals surface area contributed by atoms with Crippen molar-refractivity contribution in [3.05, 3.63) is 194 Å². The average Bonchev–Trinajstić information content (AvgIpc) is 1.51. The summed E-state index contributed by atoms with van der Waals surface area (Å²) in [6.07, 6.45) is 6.92. The van der Waals surface area contributed by atoms with E-state index < -0.39 is 0 Å². The molecule has 13 aromatic carbocycles. The molecule has 10 heteroatoms. The minimum absolute atomic E-state index is 0.569. The van der Waals surface area contributed by atoms with Gasteiger partial charge in [-0.1, -0.05) is 165 Å². The monoisotopic (exact) mass is 1280 g/mol. The van der Waals surface area contributed by atoms with Gasteiger partial charge >= 0.3 is 0 Å². The van der Waals surface area contributed by atoms with Crippen LogP contribution in [0.4, 0.5) is 34.1 Å². The molecule has 0 saturated heterocycles. The summed E-state index contributed by atoms with van der Waals surface area (Å²) in [5, 5.41) is 14.1. The number of hydrogen-bond acceptors (Lipinski definition) is 10. The molecule has 0 atom stereocenters. The van der Waals surface area contributed by atoms with E-state index in [4.69, 9.17) is 37.9 Å². The molecule has 13 aromatic rings. The Morgan fingerprint density at radius 1 is 0.219 bits per heavy atom. The highest BCUT2D eigenvalue weighted by molar-refractivity contribution is 6.47. The van der Waals surface area contributed by atoms with Gasteiger partial charge in [-0.05, 0) is 140 Å². The van der Waals surface area contributed by atoms with Gasteiger partial charge in [-0.2, -0.15) is 0 Å². The molecule has 0 N–H and O–H groups in total. The minimum atomic E-state index is 0.569. The lowest BCUT2D eigenvalue weighted by Gasteiger charge is -2.29. The van der Waals surface area contributed by atoms with E-state index in [1.54, 1.807) is 0 Å². The normalized spacial score (nSPS) is 11.6. The molecule has 0 bridgehead atoms. The van der Waals surface area contributed by atoms with E-state index in [9.17, 15) is 0 Å². The van der Waals surface area contributed by atoms with Gasteiger partial charge in [0.1, 0.15) is 46.0 Å². The van der Waals surface area contributed by atoms with Crippen LogP contribution in [-0.4, -0.2) is 52.9 Å². The zero-order valence-electron chi connectivity index (χ0n) is 56.9. The van der Waals surface area contributed by atoms with Crippen molar-refractivity contribution < 1.29 is 37.9 Å². The fourth-order valence-electron chi connectivity index (χ4n) is 13.6. The number of fused-ring (bicyclic) bond motifs is 6. The Morgan fingerprint density at radius 2 is 0.448 bits per heavy atom. The van der Waals surface area contributed by atoms with Gasteiger partial charge in [0.2, 0.25) is 0 Å². The fourth-order valence-corrected chi connectivity index (χ4v) is 13.6. The van der Waals surface area contributed by atoms with E-state index in [0.29, 0.717) is 52.9 Å². The third-order valence-corrected chi connectivity index (χ3v) is 17.5. The van der Waals surface area contributed by atoms with E-state index in [-0.39, 0.29) is 0 Å². The number of benzene rings is 11. The Hall–Kier alpha value is -10.1. The van der Waals surface area contributed by atoms with Crippen molar-refractivity contribution in [1.29, 1.82) is 0 Å². The Balaban J connectivity index is 1.14. The molecule has 0 aliphatic heterocycles. The van der Waals surface area contributed by atoms with Crippen LogP contribution >= 0.6 is 0 Å². The highest BCUT2D eigenvalue weighted by Crippen LogP contribution is 2.58. The van der Waals surface area contributed by atoms with Gasteiger partial charge in [0, 0.05) is 83.6 Å². The third kappa shape index (κ3) is 12.9. The van der Waals surface area contributed by atoms with Gasteiger partial charge in [0.25, 0.3) is 0 Å². The molecule has 13 rings (SSSR count). The maximum atomic E-state index is 6.51. The predicted molar refractivity (Wildman–Crippen MR) is 400 cm³/mol. The first-order valence-electron chi connectivity index (χ1n) is 35.0. The predicted octanol–water partition coefficient (Wildman–Crippen LogP) is 24.1. The van der Waals surface area contributed by atoms with Crippen LogP contribution in [0.25, 0.3) is 86.9 Å². The molecule has 0 fully saturated rings. The molecule has 0 aliphatic rings. The summed E-state index contributed by atoms with van der Waals surface area (Å²) < 4.78 is 52.1. The highest BCUT2D eigenvalue weighted by Gasteiger charge is 2.31. The van der Waals surface area contributed by atoms with Gasteiger partial charge in [0.05, 0.1) is 87.0 Å². The molecule has 0 aliphatic carbocycles. The molecule has 0 amide bonds. The molecule has 0 radical (unpaired) electrons. The van der Waals surface area contributed by atoms with Crippen molar-refractivity contribution in [2.45, 2.75) is 107 Å². The maximum Gasteiger partial charge on any atom is 0.125 e. The van der Waals surface area contributed by atoms with Crippen LogP contribution in [0.5, 0.6) is 46.0 Å². The molecule has 0 saturated carbocycles. The largest absolute Gasteiger partial charge is 0.493 e. The van der Waals surface area contributed by atoms with E-state index in [1.807, 2.05) is 24.3 Å². The van der Waals surface area contributed by atoms with Crippen LogP contribution in [0.15, 0.2) is 194 Å². The third-order valence-electron chi connectivity index (χ3n) is 17.5. The zero-order chi connectivity index (χ0) is 66.1. The SMILES string of the molecule is CCCOc1cc(OCCC)cc(N(c2cc(OCCC)cc(OCCC)c2)c2ccc3c4c(-c5ccccc5)c5c6cccc7c(N(c8cc(OCCC)cc(OCCC)c8)c8cc(OCCC)cc(OCCC)c8)ccc(c5c(-c5ccccc5)c4c4cccc2c43)c76)c1. The summed E-state index contributed by atoms with van der Waals surface area (Å²) >= 11 is 0. The van der Waals surface area contributed by atoms with Crippen LogP contribution in [0.3, 0.4) is 0 Å².